The number of ether oxygens (including phenoxy) is 2. The molecule has 0 aromatic heterocycles. The molecular formula is C15H23ClN2O3. The molecule has 1 atom stereocenters. The van der Waals surface area contributed by atoms with Crippen molar-refractivity contribution in [1.29, 1.82) is 0 Å². The van der Waals surface area contributed by atoms with Gasteiger partial charge in [-0.05, 0) is 38.0 Å². The number of primary amides is 1. The Bertz CT molecular complexity index is 480. The summed E-state index contributed by atoms with van der Waals surface area (Å²) in [5.74, 6) is 0.313. The number of carbonyl (C=O) groups excluding carboxylic acids is 1. The van der Waals surface area contributed by atoms with Crippen molar-refractivity contribution in [3.05, 3.63) is 22.7 Å². The number of nitrogens with two attached hydrogens (primary N) is 1. The smallest absolute Gasteiger partial charge is 0.255 e. The molecule has 0 fully saturated rings. The summed E-state index contributed by atoms with van der Waals surface area (Å²) >= 11 is 6.22. The highest BCUT2D eigenvalue weighted by Crippen LogP contribution is 2.36. The van der Waals surface area contributed by atoms with Gasteiger partial charge >= 0.3 is 0 Å². The van der Waals surface area contributed by atoms with E-state index in [-0.39, 0.29) is 6.61 Å². The summed E-state index contributed by atoms with van der Waals surface area (Å²) < 4.78 is 10.9. The molecule has 21 heavy (non-hydrogen) atoms. The number of carbonyl (C=O) groups is 1. The van der Waals surface area contributed by atoms with E-state index in [1.807, 2.05) is 13.0 Å². The van der Waals surface area contributed by atoms with Gasteiger partial charge in [0.1, 0.15) is 0 Å². The second kappa shape index (κ2) is 8.74. The largest absolute Gasteiger partial charge is 0.490 e. The van der Waals surface area contributed by atoms with Gasteiger partial charge < -0.3 is 20.5 Å². The summed E-state index contributed by atoms with van der Waals surface area (Å²) in [6.45, 7) is 7.04. The summed E-state index contributed by atoms with van der Waals surface area (Å²) in [6, 6.07) is 4.08. The molecule has 0 radical (unpaired) electrons. The minimum Gasteiger partial charge on any atom is -0.490 e. The zero-order valence-electron chi connectivity index (χ0n) is 12.7. The third-order valence-electron chi connectivity index (χ3n) is 2.99. The lowest BCUT2D eigenvalue weighted by atomic mass is 10.1. The van der Waals surface area contributed by atoms with Crippen LogP contribution >= 0.6 is 11.6 Å². The molecule has 3 N–H and O–H groups in total. The highest BCUT2D eigenvalue weighted by atomic mass is 35.5. The first-order valence-corrected chi connectivity index (χ1v) is 7.45. The maximum absolute atomic E-state index is 10.8. The lowest BCUT2D eigenvalue weighted by molar-refractivity contribution is -0.119. The molecular weight excluding hydrogens is 292 g/mol. The Morgan fingerprint density at radius 1 is 1.38 bits per heavy atom. The van der Waals surface area contributed by atoms with E-state index in [9.17, 15) is 4.79 Å². The summed E-state index contributed by atoms with van der Waals surface area (Å²) in [5, 5.41) is 3.79. The molecule has 0 spiro atoms. The second-order valence-electron chi connectivity index (χ2n) is 4.78. The lowest BCUT2D eigenvalue weighted by Gasteiger charge is -2.16. The fraction of sp³-hybridized carbons (Fsp3) is 0.533. The van der Waals surface area contributed by atoms with E-state index < -0.39 is 5.91 Å². The maximum atomic E-state index is 10.8. The minimum atomic E-state index is -0.559. The molecule has 0 unspecified atom stereocenters. The van der Waals surface area contributed by atoms with Gasteiger partial charge in [-0.15, -0.1) is 0 Å². The van der Waals surface area contributed by atoms with Crippen LogP contribution in [-0.2, 0) is 11.3 Å². The van der Waals surface area contributed by atoms with Crippen molar-refractivity contribution in [2.75, 3.05) is 13.2 Å². The van der Waals surface area contributed by atoms with Gasteiger partial charge in [-0.25, -0.2) is 0 Å². The van der Waals surface area contributed by atoms with Crippen LogP contribution in [0, 0.1) is 0 Å². The van der Waals surface area contributed by atoms with Crippen molar-refractivity contribution in [3.63, 3.8) is 0 Å². The number of nitrogens with one attached hydrogen (secondary N) is 1. The van der Waals surface area contributed by atoms with Gasteiger partial charge in [0.15, 0.2) is 18.1 Å². The molecule has 0 aliphatic heterocycles. The molecule has 0 aliphatic carbocycles. The lowest BCUT2D eigenvalue weighted by Crippen LogP contribution is -2.24. The predicted octanol–water partition coefficient (Wildman–Crippen LogP) is 2.49. The van der Waals surface area contributed by atoms with E-state index in [1.54, 1.807) is 6.07 Å². The predicted molar refractivity (Wildman–Crippen MR) is 83.9 cm³/mol. The summed E-state index contributed by atoms with van der Waals surface area (Å²) in [6.07, 6.45) is 1.05. The molecule has 0 heterocycles. The van der Waals surface area contributed by atoms with Gasteiger partial charge in [-0.1, -0.05) is 18.5 Å². The number of hydrogen-bond donors (Lipinski definition) is 2. The molecule has 0 aliphatic rings. The molecule has 1 aromatic rings. The van der Waals surface area contributed by atoms with Crippen molar-refractivity contribution < 1.29 is 14.3 Å². The third-order valence-corrected chi connectivity index (χ3v) is 3.28. The van der Waals surface area contributed by atoms with Crippen LogP contribution in [0.2, 0.25) is 5.02 Å². The Morgan fingerprint density at radius 2 is 2.10 bits per heavy atom. The summed E-state index contributed by atoms with van der Waals surface area (Å²) in [7, 11) is 0. The van der Waals surface area contributed by atoms with E-state index in [2.05, 4.69) is 19.2 Å². The molecule has 1 rings (SSSR count). The van der Waals surface area contributed by atoms with Crippen LogP contribution in [0.15, 0.2) is 12.1 Å². The number of amides is 1. The molecule has 0 saturated carbocycles. The van der Waals surface area contributed by atoms with E-state index in [4.69, 9.17) is 26.8 Å². The SMILES string of the molecule is CCOc1cc(CN[C@H](C)CC)cc(Cl)c1OCC(N)=O. The normalized spacial score (nSPS) is 12.0. The maximum Gasteiger partial charge on any atom is 0.255 e. The van der Waals surface area contributed by atoms with Crippen molar-refractivity contribution in [3.8, 4) is 11.5 Å². The number of hydrogen-bond acceptors (Lipinski definition) is 4. The van der Waals surface area contributed by atoms with Gasteiger partial charge in [0.2, 0.25) is 0 Å². The second-order valence-corrected chi connectivity index (χ2v) is 5.19. The van der Waals surface area contributed by atoms with Gasteiger partial charge in [-0.3, -0.25) is 4.79 Å². The quantitative estimate of drug-likeness (QED) is 0.734. The van der Waals surface area contributed by atoms with Crippen LogP contribution in [0.1, 0.15) is 32.8 Å². The van der Waals surface area contributed by atoms with Gasteiger partial charge in [0, 0.05) is 12.6 Å². The van der Waals surface area contributed by atoms with Crippen LogP contribution in [0.5, 0.6) is 11.5 Å². The zero-order valence-corrected chi connectivity index (χ0v) is 13.5. The third kappa shape index (κ3) is 5.81. The molecule has 0 saturated heterocycles. The Kier molecular flexibility index (Phi) is 7.32. The summed E-state index contributed by atoms with van der Waals surface area (Å²) in [4.78, 5) is 10.8. The summed E-state index contributed by atoms with van der Waals surface area (Å²) in [5.41, 5.74) is 6.08. The minimum absolute atomic E-state index is 0.232. The number of benzene rings is 1. The van der Waals surface area contributed by atoms with Gasteiger partial charge in [-0.2, -0.15) is 0 Å². The Labute approximate surface area is 130 Å². The highest BCUT2D eigenvalue weighted by molar-refractivity contribution is 6.32. The van der Waals surface area contributed by atoms with Crippen molar-refractivity contribution in [1.82, 2.24) is 5.32 Å². The standard InChI is InChI=1S/C15H23ClN2O3/c1-4-10(3)18-8-11-6-12(16)15(21-9-14(17)19)13(7-11)20-5-2/h6-7,10,18H,4-5,8-9H2,1-3H3,(H2,17,19)/t10-/m1/s1. The average molecular weight is 315 g/mol. The number of rotatable bonds is 9. The first kappa shape index (κ1) is 17.6. The molecule has 1 aromatic carbocycles. The highest BCUT2D eigenvalue weighted by Gasteiger charge is 2.14. The molecule has 5 nitrogen and oxygen atoms in total. The Morgan fingerprint density at radius 3 is 2.67 bits per heavy atom. The monoisotopic (exact) mass is 314 g/mol. The number of halogens is 1. The van der Waals surface area contributed by atoms with Crippen LogP contribution < -0.4 is 20.5 Å². The Balaban J connectivity index is 2.91. The van der Waals surface area contributed by atoms with Crippen LogP contribution in [-0.4, -0.2) is 25.2 Å². The topological polar surface area (TPSA) is 73.6 Å². The van der Waals surface area contributed by atoms with Crippen LogP contribution in [0.3, 0.4) is 0 Å². The van der Waals surface area contributed by atoms with E-state index >= 15 is 0 Å². The Hall–Kier alpha value is -1.46. The first-order chi connectivity index (χ1) is 9.97. The average Bonchev–Trinajstić information content (AvgIpc) is 2.43. The van der Waals surface area contributed by atoms with E-state index in [0.717, 1.165) is 12.0 Å². The molecule has 0 bridgehead atoms. The van der Waals surface area contributed by atoms with Crippen molar-refractivity contribution >= 4 is 17.5 Å². The zero-order chi connectivity index (χ0) is 15.8. The first-order valence-electron chi connectivity index (χ1n) is 7.07. The fourth-order valence-electron chi connectivity index (χ4n) is 1.71. The molecule has 118 valence electrons. The van der Waals surface area contributed by atoms with Gasteiger partial charge in [0.25, 0.3) is 5.91 Å². The van der Waals surface area contributed by atoms with E-state index in [0.29, 0.717) is 35.7 Å². The van der Waals surface area contributed by atoms with Crippen LogP contribution in [0.25, 0.3) is 0 Å². The molecule has 6 heteroatoms. The fourth-order valence-corrected chi connectivity index (χ4v) is 1.99. The van der Waals surface area contributed by atoms with Crippen molar-refractivity contribution in [2.24, 2.45) is 5.73 Å². The van der Waals surface area contributed by atoms with Gasteiger partial charge in [0.05, 0.1) is 11.6 Å². The molecule has 1 amide bonds. The van der Waals surface area contributed by atoms with Crippen LogP contribution in [0.4, 0.5) is 0 Å². The van der Waals surface area contributed by atoms with E-state index in [1.165, 1.54) is 0 Å². The van der Waals surface area contributed by atoms with Crippen molar-refractivity contribution in [2.45, 2.75) is 39.8 Å².